The standard InChI is InChI=1S/C33H38FN5O4/c1-2-17-37-23-31(40)38-29(20-25-11-5-3-6-12-25)32(41)36(18-19-43-24-27-15-9-10-16-28(27)34)22-30(38)39(37)33(42)35-21-26-13-7-4-8-14-26/h3-16,29-30H,2,17-24H2,1H3,(H,35,42)/t29-,30-/m0/s1. The number of carbonyl (C=O) groups is 3. The summed E-state index contributed by atoms with van der Waals surface area (Å²) in [5, 5.41) is 6.42. The van der Waals surface area contributed by atoms with E-state index < -0.39 is 12.2 Å². The largest absolute Gasteiger partial charge is 0.375 e. The second-order valence-corrected chi connectivity index (χ2v) is 10.8. The zero-order chi connectivity index (χ0) is 30.2. The second kappa shape index (κ2) is 14.3. The van der Waals surface area contributed by atoms with Gasteiger partial charge in [0, 0.05) is 31.6 Å². The van der Waals surface area contributed by atoms with E-state index in [1.54, 1.807) is 38.0 Å². The maximum absolute atomic E-state index is 14.1. The molecular weight excluding hydrogens is 549 g/mol. The highest BCUT2D eigenvalue weighted by molar-refractivity contribution is 5.91. The van der Waals surface area contributed by atoms with Crippen molar-refractivity contribution in [2.75, 3.05) is 32.8 Å². The van der Waals surface area contributed by atoms with Crippen molar-refractivity contribution in [2.24, 2.45) is 0 Å². The fourth-order valence-corrected chi connectivity index (χ4v) is 5.71. The third kappa shape index (κ3) is 7.21. The summed E-state index contributed by atoms with van der Waals surface area (Å²) in [6.07, 6.45) is 0.367. The molecule has 9 nitrogen and oxygen atoms in total. The minimum atomic E-state index is -0.784. The van der Waals surface area contributed by atoms with Gasteiger partial charge in [0.2, 0.25) is 11.8 Å². The summed E-state index contributed by atoms with van der Waals surface area (Å²) in [4.78, 5) is 44.6. The molecule has 0 spiro atoms. The molecule has 43 heavy (non-hydrogen) atoms. The summed E-state index contributed by atoms with van der Waals surface area (Å²) in [6.45, 7) is 3.48. The van der Waals surface area contributed by atoms with Crippen molar-refractivity contribution in [2.45, 2.75) is 45.1 Å². The number of amides is 4. The summed E-state index contributed by atoms with van der Waals surface area (Å²) >= 11 is 0. The predicted molar refractivity (Wildman–Crippen MR) is 160 cm³/mol. The van der Waals surface area contributed by atoms with Crippen molar-refractivity contribution in [3.05, 3.63) is 107 Å². The van der Waals surface area contributed by atoms with Gasteiger partial charge in [-0.15, -0.1) is 0 Å². The molecule has 2 atom stereocenters. The van der Waals surface area contributed by atoms with Gasteiger partial charge in [-0.05, 0) is 23.6 Å². The number of hydrogen-bond acceptors (Lipinski definition) is 5. The normalized spacial score (nSPS) is 19.0. The molecule has 2 aliphatic heterocycles. The summed E-state index contributed by atoms with van der Waals surface area (Å²) in [5.41, 5.74) is 2.31. The van der Waals surface area contributed by atoms with E-state index in [9.17, 15) is 18.8 Å². The maximum atomic E-state index is 14.1. The third-order valence-corrected chi connectivity index (χ3v) is 7.80. The summed E-state index contributed by atoms with van der Waals surface area (Å²) < 4.78 is 19.8. The molecule has 0 saturated carbocycles. The van der Waals surface area contributed by atoms with Crippen LogP contribution in [0.5, 0.6) is 0 Å². The van der Waals surface area contributed by atoms with Gasteiger partial charge in [0.05, 0.1) is 26.3 Å². The van der Waals surface area contributed by atoms with Crippen LogP contribution in [-0.4, -0.2) is 82.7 Å². The Morgan fingerprint density at radius 1 is 0.930 bits per heavy atom. The number of hydrazine groups is 1. The van der Waals surface area contributed by atoms with Gasteiger partial charge in [0.1, 0.15) is 18.0 Å². The average Bonchev–Trinajstić information content (AvgIpc) is 3.02. The quantitative estimate of drug-likeness (QED) is 0.345. The van der Waals surface area contributed by atoms with Crippen molar-refractivity contribution in [1.82, 2.24) is 25.1 Å². The highest BCUT2D eigenvalue weighted by Crippen LogP contribution is 2.28. The lowest BCUT2D eigenvalue weighted by atomic mass is 9.99. The highest BCUT2D eigenvalue weighted by atomic mass is 19.1. The van der Waals surface area contributed by atoms with Gasteiger partial charge < -0.3 is 19.9 Å². The van der Waals surface area contributed by atoms with Crippen molar-refractivity contribution in [1.29, 1.82) is 0 Å². The molecule has 0 radical (unpaired) electrons. The SMILES string of the molecule is CCCN1CC(=O)N2[C@@H](Cc3ccccc3)C(=O)N(CCOCc3ccccc3F)C[C@@H]2N1C(=O)NCc1ccccc1. The molecule has 3 aromatic rings. The Bertz CT molecular complexity index is 1390. The van der Waals surface area contributed by atoms with E-state index >= 15 is 0 Å². The summed E-state index contributed by atoms with van der Waals surface area (Å²) in [7, 11) is 0. The Kier molecular flexibility index (Phi) is 10.0. The molecule has 226 valence electrons. The zero-order valence-electron chi connectivity index (χ0n) is 24.4. The Morgan fingerprint density at radius 2 is 1.60 bits per heavy atom. The molecule has 0 unspecified atom stereocenters. The van der Waals surface area contributed by atoms with Crippen LogP contribution in [0.25, 0.3) is 0 Å². The first-order valence-electron chi connectivity index (χ1n) is 14.8. The number of piperazine rings is 1. The van der Waals surface area contributed by atoms with Crippen molar-refractivity contribution < 1.29 is 23.5 Å². The van der Waals surface area contributed by atoms with Crippen molar-refractivity contribution in [3.8, 4) is 0 Å². The number of rotatable bonds is 11. The van der Waals surface area contributed by atoms with E-state index in [1.165, 1.54) is 6.07 Å². The summed E-state index contributed by atoms with van der Waals surface area (Å²) in [5.74, 6) is -0.726. The van der Waals surface area contributed by atoms with Crippen LogP contribution in [0, 0.1) is 5.82 Å². The van der Waals surface area contributed by atoms with Crippen LogP contribution in [0.2, 0.25) is 0 Å². The van der Waals surface area contributed by atoms with Crippen LogP contribution in [0.4, 0.5) is 9.18 Å². The molecule has 2 aliphatic rings. The molecule has 5 rings (SSSR count). The van der Waals surface area contributed by atoms with Crippen LogP contribution in [0.1, 0.15) is 30.0 Å². The van der Waals surface area contributed by atoms with Gasteiger partial charge in [-0.1, -0.05) is 85.8 Å². The van der Waals surface area contributed by atoms with E-state index in [4.69, 9.17) is 4.74 Å². The highest BCUT2D eigenvalue weighted by Gasteiger charge is 2.51. The van der Waals surface area contributed by atoms with Gasteiger partial charge >= 0.3 is 6.03 Å². The lowest BCUT2D eigenvalue weighted by molar-refractivity contribution is -0.190. The van der Waals surface area contributed by atoms with Crippen LogP contribution < -0.4 is 5.32 Å². The van der Waals surface area contributed by atoms with Crippen LogP contribution in [-0.2, 0) is 33.9 Å². The lowest BCUT2D eigenvalue weighted by Crippen LogP contribution is -2.76. The molecule has 10 heteroatoms. The number of nitrogens with zero attached hydrogens (tertiary/aromatic N) is 4. The van der Waals surface area contributed by atoms with E-state index in [0.717, 1.165) is 17.5 Å². The van der Waals surface area contributed by atoms with Gasteiger partial charge in [0.25, 0.3) is 0 Å². The minimum Gasteiger partial charge on any atom is -0.375 e. The molecule has 3 aromatic carbocycles. The number of fused-ring (bicyclic) bond motifs is 1. The van der Waals surface area contributed by atoms with Crippen LogP contribution in [0.3, 0.4) is 0 Å². The Morgan fingerprint density at radius 3 is 2.30 bits per heavy atom. The zero-order valence-corrected chi connectivity index (χ0v) is 24.4. The molecule has 0 bridgehead atoms. The summed E-state index contributed by atoms with van der Waals surface area (Å²) in [6, 6.07) is 24.5. The second-order valence-electron chi connectivity index (χ2n) is 10.8. The molecule has 2 fully saturated rings. The Labute approximate surface area is 251 Å². The number of nitrogens with one attached hydrogen (secondary N) is 1. The molecule has 1 N–H and O–H groups in total. The number of benzene rings is 3. The maximum Gasteiger partial charge on any atom is 0.334 e. The number of carbonyl (C=O) groups excluding carboxylic acids is 3. The molecule has 0 aliphatic carbocycles. The first kappa shape index (κ1) is 30.2. The number of hydrogen-bond donors (Lipinski definition) is 1. The monoisotopic (exact) mass is 587 g/mol. The predicted octanol–water partition coefficient (Wildman–Crippen LogP) is 3.80. The third-order valence-electron chi connectivity index (χ3n) is 7.80. The molecule has 2 saturated heterocycles. The topological polar surface area (TPSA) is 85.4 Å². The number of ether oxygens (including phenoxy) is 1. The van der Waals surface area contributed by atoms with Gasteiger partial charge in [-0.3, -0.25) is 9.59 Å². The van der Waals surface area contributed by atoms with Gasteiger partial charge in [0.15, 0.2) is 0 Å². The smallest absolute Gasteiger partial charge is 0.334 e. The molecule has 2 heterocycles. The van der Waals surface area contributed by atoms with E-state index in [0.29, 0.717) is 25.1 Å². The number of urea groups is 1. The van der Waals surface area contributed by atoms with Crippen LogP contribution >= 0.6 is 0 Å². The fraction of sp³-hybridized carbons (Fsp3) is 0.364. The fourth-order valence-electron chi connectivity index (χ4n) is 5.71. The Balaban J connectivity index is 1.38. The first-order valence-corrected chi connectivity index (χ1v) is 14.8. The molecule has 0 aromatic heterocycles. The van der Waals surface area contributed by atoms with E-state index in [-0.39, 0.29) is 56.5 Å². The van der Waals surface area contributed by atoms with E-state index in [1.807, 2.05) is 67.6 Å². The first-order chi connectivity index (χ1) is 21.0. The lowest BCUT2D eigenvalue weighted by Gasteiger charge is -2.55. The number of halogens is 1. The average molecular weight is 588 g/mol. The Hall–Kier alpha value is -4.28. The van der Waals surface area contributed by atoms with Crippen molar-refractivity contribution in [3.63, 3.8) is 0 Å². The van der Waals surface area contributed by atoms with Crippen molar-refractivity contribution >= 4 is 17.8 Å². The molecule has 4 amide bonds. The molecular formula is C33H38FN5O4. The minimum absolute atomic E-state index is 0.00736. The van der Waals surface area contributed by atoms with Gasteiger partial charge in [-0.2, -0.15) is 0 Å². The van der Waals surface area contributed by atoms with E-state index in [2.05, 4.69) is 5.32 Å². The van der Waals surface area contributed by atoms with Crippen LogP contribution in [0.15, 0.2) is 84.9 Å². The van der Waals surface area contributed by atoms with Gasteiger partial charge in [-0.25, -0.2) is 19.2 Å².